The maximum absolute atomic E-state index is 5.35. The smallest absolute Gasteiger partial charge is 0.243 e. The van der Waals surface area contributed by atoms with Gasteiger partial charge in [-0.3, -0.25) is 0 Å². The molecule has 2 aromatic rings. The van der Waals surface area contributed by atoms with Gasteiger partial charge >= 0.3 is 0 Å². The van der Waals surface area contributed by atoms with Gasteiger partial charge in [-0.25, -0.2) is 4.52 Å². The van der Waals surface area contributed by atoms with E-state index in [9.17, 15) is 0 Å². The quantitative estimate of drug-likeness (QED) is 0.875. The Morgan fingerprint density at radius 3 is 3.12 bits per heavy atom. The molecule has 0 saturated heterocycles. The molecule has 0 radical (unpaired) electrons. The van der Waals surface area contributed by atoms with Crippen molar-refractivity contribution >= 4 is 11.6 Å². The third-order valence-corrected chi connectivity index (χ3v) is 3.29. The van der Waals surface area contributed by atoms with Crippen molar-refractivity contribution in [2.75, 3.05) is 12.4 Å². The van der Waals surface area contributed by atoms with E-state index in [0.717, 1.165) is 24.9 Å². The topological polar surface area (TPSA) is 51.5 Å². The van der Waals surface area contributed by atoms with E-state index in [0.29, 0.717) is 18.1 Å². The molecule has 3 rings (SSSR count). The molecule has 0 bridgehead atoms. The molecule has 1 fully saturated rings. The largest absolute Gasteiger partial charge is 0.381 e. The zero-order valence-corrected chi connectivity index (χ0v) is 9.84. The maximum Gasteiger partial charge on any atom is 0.243 e. The Morgan fingerprint density at radius 1 is 1.41 bits per heavy atom. The first kappa shape index (κ1) is 10.5. The minimum atomic E-state index is 0.379. The zero-order chi connectivity index (χ0) is 11.7. The lowest BCUT2D eigenvalue weighted by atomic mass is 10.2. The van der Waals surface area contributed by atoms with Crippen LogP contribution in [0.5, 0.6) is 0 Å². The molecule has 0 aromatic carbocycles. The molecule has 2 heterocycles. The number of anilines is 1. The Labute approximate surface area is 99.8 Å². The van der Waals surface area contributed by atoms with Gasteiger partial charge in [-0.1, -0.05) is 6.07 Å². The lowest BCUT2D eigenvalue weighted by molar-refractivity contribution is 0.108. The third kappa shape index (κ3) is 2.10. The maximum atomic E-state index is 5.35. The predicted molar refractivity (Wildman–Crippen MR) is 65.0 cm³/mol. The number of ether oxygens (including phenoxy) is 1. The first-order valence-electron chi connectivity index (χ1n) is 5.96. The van der Waals surface area contributed by atoms with E-state index < -0.39 is 0 Å². The second kappa shape index (κ2) is 4.33. The lowest BCUT2D eigenvalue weighted by Gasteiger charge is -2.10. The summed E-state index contributed by atoms with van der Waals surface area (Å²) in [6, 6.07) is 6.29. The van der Waals surface area contributed by atoms with Crippen molar-refractivity contribution in [3.63, 3.8) is 0 Å². The Bertz CT molecular complexity index is 477. The van der Waals surface area contributed by atoms with E-state index in [2.05, 4.69) is 15.4 Å². The van der Waals surface area contributed by atoms with Gasteiger partial charge in [-0.2, -0.15) is 4.98 Å². The summed E-state index contributed by atoms with van der Waals surface area (Å²) in [5, 5.41) is 7.75. The van der Waals surface area contributed by atoms with Crippen molar-refractivity contribution in [2.45, 2.75) is 31.4 Å². The van der Waals surface area contributed by atoms with Crippen molar-refractivity contribution in [2.24, 2.45) is 0 Å². The molecular formula is C12H16N4O. The van der Waals surface area contributed by atoms with E-state index in [1.807, 2.05) is 24.4 Å². The Kier molecular flexibility index (Phi) is 2.68. The van der Waals surface area contributed by atoms with Crippen molar-refractivity contribution in [1.29, 1.82) is 0 Å². The fraction of sp³-hybridized carbons (Fsp3) is 0.500. The van der Waals surface area contributed by atoms with Gasteiger partial charge in [0.05, 0.1) is 6.10 Å². The average Bonchev–Trinajstić information content (AvgIpc) is 2.94. The van der Waals surface area contributed by atoms with Crippen molar-refractivity contribution < 1.29 is 4.74 Å². The van der Waals surface area contributed by atoms with Crippen LogP contribution >= 0.6 is 0 Å². The van der Waals surface area contributed by atoms with Gasteiger partial charge < -0.3 is 10.1 Å². The highest BCUT2D eigenvalue weighted by Gasteiger charge is 2.25. The van der Waals surface area contributed by atoms with Crippen LogP contribution in [-0.4, -0.2) is 33.9 Å². The number of hydrogen-bond acceptors (Lipinski definition) is 4. The summed E-state index contributed by atoms with van der Waals surface area (Å²) in [6.07, 6.45) is 5.55. The molecule has 0 amide bonds. The number of aromatic nitrogens is 3. The molecule has 5 heteroatoms. The molecule has 2 atom stereocenters. The number of nitrogens with one attached hydrogen (secondary N) is 1. The fourth-order valence-electron chi connectivity index (χ4n) is 2.36. The highest BCUT2D eigenvalue weighted by molar-refractivity contribution is 5.43. The number of pyridine rings is 1. The summed E-state index contributed by atoms with van der Waals surface area (Å²) < 4.78 is 7.13. The standard InChI is InChI=1S/C12H16N4O/c1-17-10-6-5-9(8-10)13-12-14-11-4-2-3-7-16(11)15-12/h2-4,7,9-10H,5-6,8H2,1H3,(H,13,15). The highest BCUT2D eigenvalue weighted by atomic mass is 16.5. The van der Waals surface area contributed by atoms with Gasteiger partial charge in [0, 0.05) is 19.3 Å². The van der Waals surface area contributed by atoms with Crippen LogP contribution < -0.4 is 5.32 Å². The average molecular weight is 232 g/mol. The van der Waals surface area contributed by atoms with Crippen LogP contribution in [0.1, 0.15) is 19.3 Å². The number of nitrogens with zero attached hydrogens (tertiary/aromatic N) is 3. The Balaban J connectivity index is 1.73. The second-order valence-corrected chi connectivity index (χ2v) is 4.45. The van der Waals surface area contributed by atoms with Crippen LogP contribution in [-0.2, 0) is 4.74 Å². The minimum Gasteiger partial charge on any atom is -0.381 e. The van der Waals surface area contributed by atoms with Gasteiger partial charge in [0.25, 0.3) is 0 Å². The first-order chi connectivity index (χ1) is 8.35. The fourth-order valence-corrected chi connectivity index (χ4v) is 2.36. The molecule has 0 spiro atoms. The Hall–Kier alpha value is -1.62. The van der Waals surface area contributed by atoms with Gasteiger partial charge in [-0.05, 0) is 31.4 Å². The van der Waals surface area contributed by atoms with Crippen LogP contribution in [0.3, 0.4) is 0 Å². The summed E-state index contributed by atoms with van der Waals surface area (Å²) in [5.41, 5.74) is 0.872. The summed E-state index contributed by atoms with van der Waals surface area (Å²) in [5.74, 6) is 0.706. The van der Waals surface area contributed by atoms with Gasteiger partial charge in [0.15, 0.2) is 5.65 Å². The summed E-state index contributed by atoms with van der Waals surface area (Å²) >= 11 is 0. The highest BCUT2D eigenvalue weighted by Crippen LogP contribution is 2.23. The molecule has 2 aromatic heterocycles. The number of fused-ring (bicyclic) bond motifs is 1. The van der Waals surface area contributed by atoms with Crippen LogP contribution in [0, 0.1) is 0 Å². The van der Waals surface area contributed by atoms with E-state index >= 15 is 0 Å². The van der Waals surface area contributed by atoms with Crippen LogP contribution in [0.25, 0.3) is 5.65 Å². The predicted octanol–water partition coefficient (Wildman–Crippen LogP) is 1.71. The molecule has 0 aliphatic heterocycles. The lowest BCUT2D eigenvalue weighted by Crippen LogP contribution is -2.18. The van der Waals surface area contributed by atoms with Crippen LogP contribution in [0.4, 0.5) is 5.95 Å². The SMILES string of the molecule is COC1CCC(Nc2nc3ccccn3n2)C1. The number of rotatable bonds is 3. The van der Waals surface area contributed by atoms with Crippen molar-refractivity contribution in [1.82, 2.24) is 14.6 Å². The molecule has 17 heavy (non-hydrogen) atoms. The summed E-state index contributed by atoms with van der Waals surface area (Å²) in [7, 11) is 1.77. The van der Waals surface area contributed by atoms with E-state index in [1.165, 1.54) is 0 Å². The van der Waals surface area contributed by atoms with Crippen LogP contribution in [0.15, 0.2) is 24.4 Å². The van der Waals surface area contributed by atoms with E-state index in [1.54, 1.807) is 11.6 Å². The number of methoxy groups -OCH3 is 1. The van der Waals surface area contributed by atoms with Gasteiger partial charge in [0.1, 0.15) is 0 Å². The normalized spacial score (nSPS) is 24.3. The number of hydrogen-bond donors (Lipinski definition) is 1. The molecule has 1 saturated carbocycles. The molecule has 90 valence electrons. The first-order valence-corrected chi connectivity index (χ1v) is 5.96. The summed E-state index contributed by atoms with van der Waals surface area (Å²) in [4.78, 5) is 4.43. The van der Waals surface area contributed by atoms with E-state index in [-0.39, 0.29) is 0 Å². The van der Waals surface area contributed by atoms with Gasteiger partial charge in [0.2, 0.25) is 5.95 Å². The zero-order valence-electron chi connectivity index (χ0n) is 9.84. The minimum absolute atomic E-state index is 0.379. The third-order valence-electron chi connectivity index (χ3n) is 3.29. The molecule has 2 unspecified atom stereocenters. The molecule has 1 aliphatic carbocycles. The molecular weight excluding hydrogens is 216 g/mol. The second-order valence-electron chi connectivity index (χ2n) is 4.45. The molecule has 1 N–H and O–H groups in total. The van der Waals surface area contributed by atoms with Crippen molar-refractivity contribution in [3.05, 3.63) is 24.4 Å². The molecule has 5 nitrogen and oxygen atoms in total. The monoisotopic (exact) mass is 232 g/mol. The van der Waals surface area contributed by atoms with E-state index in [4.69, 9.17) is 4.74 Å². The van der Waals surface area contributed by atoms with Crippen molar-refractivity contribution in [3.8, 4) is 0 Å². The van der Waals surface area contributed by atoms with Gasteiger partial charge in [-0.15, -0.1) is 5.10 Å². The summed E-state index contributed by atoms with van der Waals surface area (Å²) in [6.45, 7) is 0. The molecule has 1 aliphatic rings. The van der Waals surface area contributed by atoms with Crippen LogP contribution in [0.2, 0.25) is 0 Å². The Morgan fingerprint density at radius 2 is 2.35 bits per heavy atom.